The van der Waals surface area contributed by atoms with E-state index in [1.807, 2.05) is 13.0 Å². The van der Waals surface area contributed by atoms with Gasteiger partial charge in [0, 0.05) is 23.2 Å². The third-order valence-electron chi connectivity index (χ3n) is 4.08. The number of rotatable bonds is 4. The molecule has 0 atom stereocenters. The summed E-state index contributed by atoms with van der Waals surface area (Å²) < 4.78 is 5.36. The van der Waals surface area contributed by atoms with Gasteiger partial charge >= 0.3 is 0 Å². The first-order chi connectivity index (χ1) is 11.7. The first kappa shape index (κ1) is 14.9. The van der Waals surface area contributed by atoms with Gasteiger partial charge in [-0.2, -0.15) is 4.98 Å². The lowest BCUT2D eigenvalue weighted by Crippen LogP contribution is -2.13. The number of thiophene rings is 1. The average molecular weight is 341 g/mol. The highest BCUT2D eigenvalue weighted by Gasteiger charge is 2.26. The zero-order valence-electron chi connectivity index (χ0n) is 13.0. The number of nitrogens with one attached hydrogen (secondary N) is 1. The van der Waals surface area contributed by atoms with Crippen LogP contribution in [0.2, 0.25) is 0 Å². The number of carbonyl (C=O) groups excluding carboxylic acids is 1. The summed E-state index contributed by atoms with van der Waals surface area (Å²) in [6.45, 7) is 1.94. The second-order valence-electron chi connectivity index (χ2n) is 5.71. The Kier molecular flexibility index (Phi) is 3.81. The predicted molar refractivity (Wildman–Crippen MR) is 88.9 cm³/mol. The third-order valence-corrected chi connectivity index (χ3v) is 5.12. The minimum atomic E-state index is -0.293. The van der Waals surface area contributed by atoms with Crippen LogP contribution in [0.15, 0.2) is 29.2 Å². The van der Waals surface area contributed by atoms with E-state index in [0.717, 1.165) is 28.3 Å². The highest BCUT2D eigenvalue weighted by atomic mass is 32.1. The molecule has 0 radical (unpaired) electrons. The fraction of sp³-hybridized carbons (Fsp3) is 0.312. The molecule has 122 valence electrons. The Morgan fingerprint density at radius 1 is 1.38 bits per heavy atom. The van der Waals surface area contributed by atoms with Gasteiger partial charge in [0.1, 0.15) is 5.69 Å². The molecule has 0 spiro atoms. The van der Waals surface area contributed by atoms with Crippen molar-refractivity contribution in [2.24, 2.45) is 0 Å². The van der Waals surface area contributed by atoms with E-state index >= 15 is 0 Å². The van der Waals surface area contributed by atoms with E-state index in [9.17, 15) is 4.79 Å². The minimum absolute atomic E-state index is 0.275. The molecule has 3 heterocycles. The lowest BCUT2D eigenvalue weighted by Gasteiger charge is -2.20. The molecule has 7 nitrogen and oxygen atoms in total. The molecule has 0 aliphatic heterocycles. The van der Waals surface area contributed by atoms with Crippen LogP contribution in [-0.4, -0.2) is 26.0 Å². The maximum atomic E-state index is 12.2. The number of hydrogen-bond donors (Lipinski definition) is 1. The number of amides is 1. The maximum Gasteiger partial charge on any atom is 0.275 e. The second kappa shape index (κ2) is 6.12. The molecule has 0 aromatic carbocycles. The number of nitrogens with zero attached hydrogens (tertiary/aromatic N) is 4. The highest BCUT2D eigenvalue weighted by molar-refractivity contribution is 7.16. The Morgan fingerprint density at radius 3 is 2.96 bits per heavy atom. The molecular formula is C16H15N5O2S. The van der Waals surface area contributed by atoms with Crippen molar-refractivity contribution in [1.82, 2.24) is 20.1 Å². The Bertz CT molecular complexity index is 870. The first-order valence-corrected chi connectivity index (χ1v) is 8.54. The lowest BCUT2D eigenvalue weighted by molar-refractivity contribution is 0.102. The molecule has 8 heteroatoms. The van der Waals surface area contributed by atoms with Crippen molar-refractivity contribution in [3.63, 3.8) is 0 Å². The van der Waals surface area contributed by atoms with E-state index in [4.69, 9.17) is 4.52 Å². The van der Waals surface area contributed by atoms with Crippen LogP contribution in [0.5, 0.6) is 0 Å². The summed E-state index contributed by atoms with van der Waals surface area (Å²) in [5.41, 5.74) is 0.997. The van der Waals surface area contributed by atoms with Crippen molar-refractivity contribution in [2.75, 3.05) is 5.32 Å². The summed E-state index contributed by atoms with van der Waals surface area (Å²) >= 11 is 1.52. The normalized spacial score (nSPS) is 14.4. The summed E-state index contributed by atoms with van der Waals surface area (Å²) in [6, 6.07) is 1.86. The molecule has 0 bridgehead atoms. The summed E-state index contributed by atoms with van der Waals surface area (Å²) in [4.78, 5) is 26.4. The third kappa shape index (κ3) is 2.80. The molecule has 1 amide bonds. The molecule has 24 heavy (non-hydrogen) atoms. The lowest BCUT2D eigenvalue weighted by atomic mass is 9.85. The van der Waals surface area contributed by atoms with Gasteiger partial charge < -0.3 is 9.84 Å². The van der Waals surface area contributed by atoms with Crippen molar-refractivity contribution >= 4 is 22.9 Å². The van der Waals surface area contributed by atoms with E-state index < -0.39 is 0 Å². The Balaban J connectivity index is 1.54. The zero-order chi connectivity index (χ0) is 16.5. The van der Waals surface area contributed by atoms with Gasteiger partial charge in [-0.1, -0.05) is 11.6 Å². The van der Waals surface area contributed by atoms with E-state index in [0.29, 0.717) is 17.6 Å². The Hall–Kier alpha value is -2.61. The van der Waals surface area contributed by atoms with Gasteiger partial charge in [0.05, 0.1) is 16.8 Å². The molecule has 1 fully saturated rings. The summed E-state index contributed by atoms with van der Waals surface area (Å²) in [7, 11) is 0. The first-order valence-electron chi connectivity index (χ1n) is 7.72. The van der Waals surface area contributed by atoms with Gasteiger partial charge in [0.15, 0.2) is 0 Å². The van der Waals surface area contributed by atoms with E-state index in [2.05, 4.69) is 25.4 Å². The van der Waals surface area contributed by atoms with Gasteiger partial charge in [-0.25, -0.2) is 4.98 Å². The van der Waals surface area contributed by atoms with Crippen LogP contribution in [0.25, 0.3) is 10.7 Å². The Labute approximate surface area is 142 Å². The minimum Gasteiger partial charge on any atom is -0.339 e. The van der Waals surface area contributed by atoms with Gasteiger partial charge in [0.25, 0.3) is 5.91 Å². The SMILES string of the molecule is Cc1sc(-c2noc(C3CCC3)n2)cc1NC(=O)c1cnccn1. The van der Waals surface area contributed by atoms with Crippen LogP contribution < -0.4 is 5.32 Å². The number of carbonyl (C=O) groups is 1. The van der Waals surface area contributed by atoms with E-state index in [1.54, 1.807) is 0 Å². The van der Waals surface area contributed by atoms with E-state index in [-0.39, 0.29) is 11.6 Å². The fourth-order valence-corrected chi connectivity index (χ4v) is 3.38. The van der Waals surface area contributed by atoms with Crippen LogP contribution in [0.4, 0.5) is 5.69 Å². The van der Waals surface area contributed by atoms with Crippen molar-refractivity contribution in [1.29, 1.82) is 0 Å². The molecule has 4 rings (SSSR count). The molecule has 1 N–H and O–H groups in total. The van der Waals surface area contributed by atoms with Crippen molar-refractivity contribution in [2.45, 2.75) is 32.1 Å². The molecule has 3 aromatic heterocycles. The number of aromatic nitrogens is 4. The number of hydrogen-bond acceptors (Lipinski definition) is 7. The molecular weight excluding hydrogens is 326 g/mol. The van der Waals surface area contributed by atoms with Crippen molar-refractivity contribution in [3.05, 3.63) is 41.1 Å². The van der Waals surface area contributed by atoms with E-state index in [1.165, 1.54) is 36.3 Å². The summed E-state index contributed by atoms with van der Waals surface area (Å²) in [5.74, 6) is 1.40. The van der Waals surface area contributed by atoms with Crippen LogP contribution in [0, 0.1) is 6.92 Å². The second-order valence-corrected chi connectivity index (χ2v) is 6.97. The average Bonchev–Trinajstić information content (AvgIpc) is 3.14. The largest absolute Gasteiger partial charge is 0.339 e. The van der Waals surface area contributed by atoms with Gasteiger partial charge in [-0.3, -0.25) is 9.78 Å². The van der Waals surface area contributed by atoms with Crippen LogP contribution >= 0.6 is 11.3 Å². The number of aryl methyl sites for hydroxylation is 1. The monoisotopic (exact) mass is 341 g/mol. The molecule has 0 unspecified atom stereocenters. The number of anilines is 1. The highest BCUT2D eigenvalue weighted by Crippen LogP contribution is 2.38. The maximum absolute atomic E-state index is 12.2. The zero-order valence-corrected chi connectivity index (χ0v) is 13.8. The molecule has 0 saturated heterocycles. The van der Waals surface area contributed by atoms with Gasteiger partial charge in [0.2, 0.25) is 11.7 Å². The van der Waals surface area contributed by atoms with Gasteiger partial charge in [-0.15, -0.1) is 11.3 Å². The quantitative estimate of drug-likeness (QED) is 0.781. The Morgan fingerprint density at radius 2 is 2.25 bits per heavy atom. The van der Waals surface area contributed by atoms with Gasteiger partial charge in [-0.05, 0) is 25.8 Å². The molecule has 1 saturated carbocycles. The summed E-state index contributed by atoms with van der Waals surface area (Å²) in [5, 5.41) is 6.92. The predicted octanol–water partition coefficient (Wildman–Crippen LogP) is 3.42. The molecule has 1 aliphatic rings. The summed E-state index contributed by atoms with van der Waals surface area (Å²) in [6.07, 6.45) is 7.90. The topological polar surface area (TPSA) is 93.8 Å². The van der Waals surface area contributed by atoms with Crippen LogP contribution in [0.1, 0.15) is 46.4 Å². The van der Waals surface area contributed by atoms with Crippen molar-refractivity contribution in [3.8, 4) is 10.7 Å². The van der Waals surface area contributed by atoms with Crippen molar-refractivity contribution < 1.29 is 9.32 Å². The van der Waals surface area contributed by atoms with Crippen LogP contribution in [0.3, 0.4) is 0 Å². The van der Waals surface area contributed by atoms with Crippen LogP contribution in [-0.2, 0) is 0 Å². The smallest absolute Gasteiger partial charge is 0.275 e. The molecule has 1 aliphatic carbocycles. The fourth-order valence-electron chi connectivity index (χ4n) is 2.48. The molecule has 3 aromatic rings. The standard InChI is InChI=1S/C16H15N5O2S/c1-9-11(19-15(22)12-8-17-5-6-18-12)7-13(24-9)14-20-16(23-21-14)10-3-2-4-10/h5-8,10H,2-4H2,1H3,(H,19,22).